The van der Waals surface area contributed by atoms with Crippen molar-refractivity contribution >= 4 is 0 Å². The zero-order valence-corrected chi connectivity index (χ0v) is 29.3. The van der Waals surface area contributed by atoms with Crippen molar-refractivity contribution in [2.24, 2.45) is 0 Å². The van der Waals surface area contributed by atoms with Crippen molar-refractivity contribution < 1.29 is 0 Å². The SMILES string of the molecule is c1ccc(-c2cccc(-c3nc(-c4ccccc4)nc(-c4ccc(-c5cccc(-c6cc(-c7ccccc7)nc(-c7ccccc7)n6)c5)cc4)n3)c2)cc1. The predicted octanol–water partition coefficient (Wildman–Crippen LogP) is 12.0. The van der Waals surface area contributed by atoms with E-state index in [9.17, 15) is 0 Å². The predicted molar refractivity (Wildman–Crippen MR) is 219 cm³/mol. The van der Waals surface area contributed by atoms with Crippen LogP contribution < -0.4 is 0 Å². The third kappa shape index (κ3) is 6.94. The van der Waals surface area contributed by atoms with Gasteiger partial charge in [-0.05, 0) is 40.5 Å². The molecule has 9 aromatic rings. The van der Waals surface area contributed by atoms with Crippen LogP contribution in [0.5, 0.6) is 0 Å². The first kappa shape index (κ1) is 32.5. The van der Waals surface area contributed by atoms with E-state index in [4.69, 9.17) is 24.9 Å². The first-order chi connectivity index (χ1) is 26.7. The monoisotopic (exact) mass is 691 g/mol. The Kier molecular flexibility index (Phi) is 8.86. The van der Waals surface area contributed by atoms with Gasteiger partial charge in [0.25, 0.3) is 0 Å². The normalized spacial score (nSPS) is 11.0. The second kappa shape index (κ2) is 14.7. The fourth-order valence-corrected chi connectivity index (χ4v) is 6.56. The topological polar surface area (TPSA) is 64.5 Å². The van der Waals surface area contributed by atoms with E-state index in [1.165, 1.54) is 0 Å². The molecule has 0 radical (unpaired) electrons. The molecule has 0 spiro atoms. The summed E-state index contributed by atoms with van der Waals surface area (Å²) in [6.45, 7) is 0. The van der Waals surface area contributed by atoms with Crippen molar-refractivity contribution in [2.45, 2.75) is 0 Å². The van der Waals surface area contributed by atoms with E-state index in [1.54, 1.807) is 0 Å². The van der Waals surface area contributed by atoms with Crippen molar-refractivity contribution in [3.8, 4) is 90.3 Å². The summed E-state index contributed by atoms with van der Waals surface area (Å²) >= 11 is 0. The maximum Gasteiger partial charge on any atom is 0.164 e. The number of nitrogens with zero attached hydrogens (tertiary/aromatic N) is 5. The molecule has 0 saturated heterocycles. The molecule has 7 aromatic carbocycles. The van der Waals surface area contributed by atoms with Gasteiger partial charge in [-0.1, -0.05) is 182 Å². The van der Waals surface area contributed by atoms with Gasteiger partial charge in [0, 0.05) is 33.4 Å². The lowest BCUT2D eigenvalue weighted by Crippen LogP contribution is -2.00. The zero-order chi connectivity index (χ0) is 36.1. The number of aromatic nitrogens is 5. The van der Waals surface area contributed by atoms with Crippen LogP contribution in [0.4, 0.5) is 0 Å². The smallest absolute Gasteiger partial charge is 0.164 e. The first-order valence-corrected chi connectivity index (χ1v) is 17.9. The number of hydrogen-bond donors (Lipinski definition) is 0. The molecule has 5 nitrogen and oxygen atoms in total. The maximum absolute atomic E-state index is 5.04. The molecule has 9 rings (SSSR count). The molecule has 2 heterocycles. The van der Waals surface area contributed by atoms with Crippen LogP contribution in [-0.2, 0) is 0 Å². The molecule has 0 atom stereocenters. The van der Waals surface area contributed by atoms with Gasteiger partial charge in [0.1, 0.15) is 0 Å². The standard InChI is InChI=1S/C49H33N5/c1-5-15-34(16-6-1)41-24-14-26-43(32-41)49-53-47(38-21-11-4-12-22-38)52-48(54-49)39-29-27-35(28-30-39)40-23-13-25-42(31-40)45-33-44(36-17-7-2-8-18-36)50-46(51-45)37-19-9-3-10-20-37/h1-33H. The summed E-state index contributed by atoms with van der Waals surface area (Å²) in [6.07, 6.45) is 0. The number of hydrogen-bond acceptors (Lipinski definition) is 5. The molecule has 0 unspecified atom stereocenters. The van der Waals surface area contributed by atoms with E-state index in [-0.39, 0.29) is 0 Å². The van der Waals surface area contributed by atoms with Crippen LogP contribution in [0.2, 0.25) is 0 Å². The highest BCUT2D eigenvalue weighted by molar-refractivity contribution is 5.77. The van der Waals surface area contributed by atoms with Crippen LogP contribution in [0.1, 0.15) is 0 Å². The molecular weight excluding hydrogens is 659 g/mol. The Bertz CT molecular complexity index is 2620. The quantitative estimate of drug-likeness (QED) is 0.159. The molecule has 0 fully saturated rings. The molecule has 0 N–H and O–H groups in total. The third-order valence-corrected chi connectivity index (χ3v) is 9.36. The van der Waals surface area contributed by atoms with Crippen LogP contribution in [0.3, 0.4) is 0 Å². The average molecular weight is 692 g/mol. The highest BCUT2D eigenvalue weighted by atomic mass is 15.0. The molecule has 0 bridgehead atoms. The number of benzene rings is 7. The minimum Gasteiger partial charge on any atom is -0.228 e. The van der Waals surface area contributed by atoms with E-state index in [0.29, 0.717) is 23.3 Å². The van der Waals surface area contributed by atoms with E-state index < -0.39 is 0 Å². The van der Waals surface area contributed by atoms with Gasteiger partial charge >= 0.3 is 0 Å². The van der Waals surface area contributed by atoms with Gasteiger partial charge in [-0.15, -0.1) is 0 Å². The van der Waals surface area contributed by atoms with Gasteiger partial charge in [0.15, 0.2) is 23.3 Å². The molecule has 0 saturated carbocycles. The summed E-state index contributed by atoms with van der Waals surface area (Å²) in [5.41, 5.74) is 12.0. The fourth-order valence-electron chi connectivity index (χ4n) is 6.56. The largest absolute Gasteiger partial charge is 0.228 e. The molecule has 0 aliphatic carbocycles. The first-order valence-electron chi connectivity index (χ1n) is 17.9. The van der Waals surface area contributed by atoms with E-state index >= 15 is 0 Å². The second-order valence-corrected chi connectivity index (χ2v) is 13.0. The molecule has 254 valence electrons. The van der Waals surface area contributed by atoms with Crippen LogP contribution >= 0.6 is 0 Å². The minimum absolute atomic E-state index is 0.618. The molecule has 0 aliphatic heterocycles. The molecule has 0 amide bonds. The average Bonchev–Trinajstić information content (AvgIpc) is 3.27. The van der Waals surface area contributed by atoms with Crippen molar-refractivity contribution in [3.63, 3.8) is 0 Å². The summed E-state index contributed by atoms with van der Waals surface area (Å²) < 4.78 is 0. The Labute approximate surface area is 314 Å². The van der Waals surface area contributed by atoms with Crippen molar-refractivity contribution in [1.82, 2.24) is 24.9 Å². The molecular formula is C49H33N5. The summed E-state index contributed by atoms with van der Waals surface area (Å²) in [7, 11) is 0. The van der Waals surface area contributed by atoms with Gasteiger partial charge in [-0.3, -0.25) is 0 Å². The van der Waals surface area contributed by atoms with Crippen LogP contribution in [-0.4, -0.2) is 24.9 Å². The maximum atomic E-state index is 5.04. The molecule has 2 aromatic heterocycles. The van der Waals surface area contributed by atoms with Crippen LogP contribution in [0.25, 0.3) is 90.3 Å². The Balaban J connectivity index is 1.07. The van der Waals surface area contributed by atoms with Gasteiger partial charge in [0.2, 0.25) is 0 Å². The third-order valence-electron chi connectivity index (χ3n) is 9.36. The fraction of sp³-hybridized carbons (Fsp3) is 0. The Morgan fingerprint density at radius 2 is 0.500 bits per heavy atom. The lowest BCUT2D eigenvalue weighted by Gasteiger charge is -2.11. The highest BCUT2D eigenvalue weighted by Crippen LogP contribution is 2.32. The van der Waals surface area contributed by atoms with Gasteiger partial charge < -0.3 is 0 Å². The summed E-state index contributed by atoms with van der Waals surface area (Å²) in [4.78, 5) is 24.9. The lowest BCUT2D eigenvalue weighted by atomic mass is 9.99. The zero-order valence-electron chi connectivity index (χ0n) is 29.3. The van der Waals surface area contributed by atoms with Crippen molar-refractivity contribution in [2.75, 3.05) is 0 Å². The van der Waals surface area contributed by atoms with Crippen LogP contribution in [0.15, 0.2) is 200 Å². The molecule has 54 heavy (non-hydrogen) atoms. The van der Waals surface area contributed by atoms with E-state index in [1.807, 2.05) is 84.9 Å². The van der Waals surface area contributed by atoms with Crippen LogP contribution in [0, 0.1) is 0 Å². The summed E-state index contributed by atoms with van der Waals surface area (Å²) in [5, 5.41) is 0. The van der Waals surface area contributed by atoms with Crippen molar-refractivity contribution in [1.29, 1.82) is 0 Å². The Morgan fingerprint density at radius 1 is 0.185 bits per heavy atom. The Morgan fingerprint density at radius 3 is 1.04 bits per heavy atom. The van der Waals surface area contributed by atoms with E-state index in [0.717, 1.165) is 67.0 Å². The minimum atomic E-state index is 0.618. The second-order valence-electron chi connectivity index (χ2n) is 13.0. The summed E-state index contributed by atoms with van der Waals surface area (Å²) in [5.74, 6) is 2.57. The highest BCUT2D eigenvalue weighted by Gasteiger charge is 2.15. The lowest BCUT2D eigenvalue weighted by molar-refractivity contribution is 1.07. The van der Waals surface area contributed by atoms with E-state index in [2.05, 4.69) is 115 Å². The number of rotatable bonds is 8. The molecule has 5 heteroatoms. The molecule has 0 aliphatic rings. The van der Waals surface area contributed by atoms with Crippen molar-refractivity contribution in [3.05, 3.63) is 200 Å². The van der Waals surface area contributed by atoms with Gasteiger partial charge in [-0.2, -0.15) is 0 Å². The Hall–Kier alpha value is -7.37. The summed E-state index contributed by atoms with van der Waals surface area (Å²) in [6, 6.07) is 68.2. The van der Waals surface area contributed by atoms with Gasteiger partial charge in [0.05, 0.1) is 11.4 Å². The van der Waals surface area contributed by atoms with Gasteiger partial charge in [-0.25, -0.2) is 24.9 Å².